The molecular weight excluding hydrogens is 204 g/mol. The summed E-state index contributed by atoms with van der Waals surface area (Å²) in [7, 11) is 3.75. The third-order valence-electron chi connectivity index (χ3n) is 1.84. The first-order valence-corrected chi connectivity index (χ1v) is 4.85. The van der Waals surface area contributed by atoms with E-state index in [9.17, 15) is 0 Å². The van der Waals surface area contributed by atoms with Crippen LogP contribution in [0.2, 0.25) is 0 Å². The summed E-state index contributed by atoms with van der Waals surface area (Å²) in [6.07, 6.45) is 1.62. The summed E-state index contributed by atoms with van der Waals surface area (Å²) in [5.74, 6) is 0.805. The highest BCUT2D eigenvalue weighted by Gasteiger charge is 2.06. The topological polar surface area (TPSA) is 54.5 Å². The quantitative estimate of drug-likeness (QED) is 0.581. The number of aromatic nitrogens is 2. The Labute approximate surface area is 93.4 Å². The van der Waals surface area contributed by atoms with E-state index < -0.39 is 0 Å². The minimum absolute atomic E-state index is 0.326. The molecule has 0 radical (unpaired) electrons. The largest absolute Gasteiger partial charge is 0.369 e. The predicted molar refractivity (Wildman–Crippen MR) is 61.6 cm³/mol. The molecule has 1 heterocycles. The van der Waals surface area contributed by atoms with Gasteiger partial charge in [-0.2, -0.15) is 9.98 Å². The molecule has 0 unspecified atom stereocenters. The van der Waals surface area contributed by atoms with Crippen molar-refractivity contribution in [1.29, 1.82) is 0 Å². The first-order chi connectivity index (χ1) is 7.75. The lowest BCUT2D eigenvalue weighted by Crippen LogP contribution is -2.07. The van der Waals surface area contributed by atoms with E-state index in [4.69, 9.17) is 4.52 Å². The van der Waals surface area contributed by atoms with Crippen molar-refractivity contribution in [2.75, 3.05) is 14.1 Å². The van der Waals surface area contributed by atoms with Crippen LogP contribution in [0.4, 0.5) is 5.95 Å². The fourth-order valence-corrected chi connectivity index (χ4v) is 1.13. The van der Waals surface area contributed by atoms with Gasteiger partial charge in [-0.05, 0) is 17.3 Å². The first kappa shape index (κ1) is 10.4. The Hall–Kier alpha value is -2.17. The number of rotatable bonds is 3. The second kappa shape index (κ2) is 4.57. The second-order valence-electron chi connectivity index (χ2n) is 3.47. The highest BCUT2D eigenvalue weighted by atomic mass is 16.5. The molecular formula is C11H12N4O. The van der Waals surface area contributed by atoms with Gasteiger partial charge in [0.25, 0.3) is 11.8 Å². The molecule has 0 aliphatic carbocycles. The van der Waals surface area contributed by atoms with Crippen LogP contribution in [0.3, 0.4) is 0 Å². The maximum absolute atomic E-state index is 5.09. The average molecular weight is 216 g/mol. The molecule has 2 rings (SSSR count). The van der Waals surface area contributed by atoms with Gasteiger partial charge in [-0.3, -0.25) is 0 Å². The molecule has 0 bridgehead atoms. The van der Waals surface area contributed by atoms with Gasteiger partial charge in [-0.1, -0.05) is 18.2 Å². The minimum Gasteiger partial charge on any atom is -0.369 e. The van der Waals surface area contributed by atoms with E-state index in [0.29, 0.717) is 11.8 Å². The lowest BCUT2D eigenvalue weighted by Gasteiger charge is -1.99. The average Bonchev–Trinajstić information content (AvgIpc) is 2.76. The van der Waals surface area contributed by atoms with Crippen molar-refractivity contribution < 1.29 is 4.52 Å². The summed E-state index contributed by atoms with van der Waals surface area (Å²) in [6, 6.07) is 9.59. The second-order valence-corrected chi connectivity index (χ2v) is 3.47. The summed E-state index contributed by atoms with van der Waals surface area (Å²) >= 11 is 0. The van der Waals surface area contributed by atoms with Gasteiger partial charge in [0.1, 0.15) is 0 Å². The summed E-state index contributed by atoms with van der Waals surface area (Å²) in [5.41, 5.74) is 0.890. The van der Waals surface area contributed by atoms with Gasteiger partial charge in [0.15, 0.2) is 0 Å². The zero-order valence-corrected chi connectivity index (χ0v) is 9.16. The summed E-state index contributed by atoms with van der Waals surface area (Å²) in [5, 5.41) is 3.75. The molecule has 1 aromatic carbocycles. The molecule has 0 saturated carbocycles. The fourth-order valence-electron chi connectivity index (χ4n) is 1.13. The van der Waals surface area contributed by atoms with Crippen molar-refractivity contribution in [1.82, 2.24) is 15.0 Å². The van der Waals surface area contributed by atoms with E-state index in [0.717, 1.165) is 5.56 Å². The van der Waals surface area contributed by atoms with Crippen molar-refractivity contribution in [2.24, 2.45) is 4.99 Å². The molecule has 0 saturated heterocycles. The van der Waals surface area contributed by atoms with E-state index in [-0.39, 0.29) is 0 Å². The number of hydrogen-bond donors (Lipinski definition) is 0. The van der Waals surface area contributed by atoms with Crippen LogP contribution >= 0.6 is 0 Å². The van der Waals surface area contributed by atoms with Crippen LogP contribution in [0.25, 0.3) is 11.5 Å². The van der Waals surface area contributed by atoms with Gasteiger partial charge in [0.2, 0.25) is 0 Å². The Balaban J connectivity index is 2.20. The third-order valence-corrected chi connectivity index (χ3v) is 1.84. The van der Waals surface area contributed by atoms with Crippen molar-refractivity contribution in [3.8, 4) is 11.5 Å². The maximum Gasteiger partial charge on any atom is 0.291 e. The molecule has 82 valence electrons. The lowest BCUT2D eigenvalue weighted by molar-refractivity contribution is 0.432. The predicted octanol–water partition coefficient (Wildman–Crippen LogP) is 1.96. The van der Waals surface area contributed by atoms with E-state index in [2.05, 4.69) is 15.1 Å². The normalized spacial score (nSPS) is 10.9. The maximum atomic E-state index is 5.09. The summed E-state index contributed by atoms with van der Waals surface area (Å²) in [4.78, 5) is 9.99. The first-order valence-electron chi connectivity index (χ1n) is 4.85. The van der Waals surface area contributed by atoms with E-state index in [1.165, 1.54) is 0 Å². The molecule has 2 aromatic rings. The molecule has 0 amide bonds. The molecule has 5 heteroatoms. The van der Waals surface area contributed by atoms with Gasteiger partial charge in [0, 0.05) is 19.7 Å². The van der Waals surface area contributed by atoms with Gasteiger partial charge in [-0.15, -0.1) is 0 Å². The summed E-state index contributed by atoms with van der Waals surface area (Å²) < 4.78 is 5.09. The van der Waals surface area contributed by atoms with Crippen LogP contribution in [0, 0.1) is 0 Å². The minimum atomic E-state index is 0.326. The van der Waals surface area contributed by atoms with Crippen molar-refractivity contribution in [3.63, 3.8) is 0 Å². The molecule has 0 N–H and O–H groups in total. The number of nitrogens with zero attached hydrogens (tertiary/aromatic N) is 4. The van der Waals surface area contributed by atoms with Gasteiger partial charge < -0.3 is 9.42 Å². The Morgan fingerprint density at radius 2 is 2.00 bits per heavy atom. The van der Waals surface area contributed by atoms with Crippen LogP contribution in [0.1, 0.15) is 0 Å². The SMILES string of the molecule is CN(C)C=Nc1noc(-c2ccccc2)n1. The van der Waals surface area contributed by atoms with Crippen LogP contribution < -0.4 is 0 Å². The Morgan fingerprint density at radius 1 is 1.25 bits per heavy atom. The Morgan fingerprint density at radius 3 is 2.69 bits per heavy atom. The molecule has 0 spiro atoms. The standard InChI is InChI=1S/C11H12N4O/c1-15(2)8-12-11-13-10(16-14-11)9-6-4-3-5-7-9/h3-8H,1-2H3. The third kappa shape index (κ3) is 2.44. The number of aliphatic imine (C=N–C) groups is 1. The number of hydrogen-bond acceptors (Lipinski definition) is 4. The highest BCUT2D eigenvalue weighted by molar-refractivity contribution is 5.59. The van der Waals surface area contributed by atoms with E-state index in [1.54, 1.807) is 11.2 Å². The molecule has 0 aliphatic rings. The van der Waals surface area contributed by atoms with Crippen LogP contribution in [-0.4, -0.2) is 35.5 Å². The zero-order chi connectivity index (χ0) is 11.4. The van der Waals surface area contributed by atoms with Gasteiger partial charge in [0.05, 0.1) is 6.34 Å². The smallest absolute Gasteiger partial charge is 0.291 e. The lowest BCUT2D eigenvalue weighted by atomic mass is 10.2. The van der Waals surface area contributed by atoms with Crippen molar-refractivity contribution in [3.05, 3.63) is 30.3 Å². The molecule has 5 nitrogen and oxygen atoms in total. The Kier molecular flexibility index (Phi) is 2.95. The van der Waals surface area contributed by atoms with Gasteiger partial charge >= 0.3 is 0 Å². The molecule has 0 fully saturated rings. The molecule has 0 atom stereocenters. The summed E-state index contributed by atoms with van der Waals surface area (Å²) in [6.45, 7) is 0. The monoisotopic (exact) mass is 216 g/mol. The Bertz CT molecular complexity index is 476. The van der Waals surface area contributed by atoms with Crippen LogP contribution in [0.5, 0.6) is 0 Å². The zero-order valence-electron chi connectivity index (χ0n) is 9.16. The van der Waals surface area contributed by atoms with Crippen LogP contribution in [-0.2, 0) is 0 Å². The molecule has 1 aromatic heterocycles. The molecule has 16 heavy (non-hydrogen) atoms. The van der Waals surface area contributed by atoms with Gasteiger partial charge in [-0.25, -0.2) is 0 Å². The fraction of sp³-hybridized carbons (Fsp3) is 0.182. The van der Waals surface area contributed by atoms with E-state index in [1.807, 2.05) is 44.4 Å². The highest BCUT2D eigenvalue weighted by Crippen LogP contribution is 2.18. The molecule has 0 aliphatic heterocycles. The van der Waals surface area contributed by atoms with Crippen LogP contribution in [0.15, 0.2) is 39.8 Å². The van der Waals surface area contributed by atoms with Crippen molar-refractivity contribution in [2.45, 2.75) is 0 Å². The van der Waals surface area contributed by atoms with E-state index >= 15 is 0 Å². The van der Waals surface area contributed by atoms with Crippen molar-refractivity contribution >= 4 is 12.3 Å². The number of benzene rings is 1.